The number of carbonyl (C=O) groups is 1. The van der Waals surface area contributed by atoms with Gasteiger partial charge in [0, 0.05) is 0 Å². The van der Waals surface area contributed by atoms with Gasteiger partial charge in [-0.25, -0.2) is 24.0 Å². The minimum Gasteiger partial charge on any atom is -1.00 e. The highest BCUT2D eigenvalue weighted by atomic mass is 35.5. The second-order valence-corrected chi connectivity index (χ2v) is 4.75. The van der Waals surface area contributed by atoms with E-state index in [2.05, 4.69) is 14.7 Å². The number of quaternary nitrogens is 1. The van der Waals surface area contributed by atoms with Gasteiger partial charge < -0.3 is 12.4 Å². The van der Waals surface area contributed by atoms with Gasteiger partial charge >= 0.3 is 5.91 Å². The van der Waals surface area contributed by atoms with Crippen LogP contribution in [0.25, 0.3) is 0 Å². The van der Waals surface area contributed by atoms with Gasteiger partial charge in [-0.2, -0.15) is 0 Å². The number of rotatable bonds is 1. The largest absolute Gasteiger partial charge is 1.00 e. The van der Waals surface area contributed by atoms with E-state index in [0.717, 1.165) is 40.0 Å². The number of carbonyl (C=O) groups excluding carboxylic acids is 1. The molecular formula is C9H17ClN4O. The second kappa shape index (κ2) is 3.68. The molecule has 0 unspecified atom stereocenters. The van der Waals surface area contributed by atoms with Gasteiger partial charge in [-0.15, -0.1) is 0 Å². The molecule has 0 aromatic rings. The Morgan fingerprint density at radius 1 is 1.07 bits per heavy atom. The van der Waals surface area contributed by atoms with E-state index in [1.54, 1.807) is 0 Å². The van der Waals surface area contributed by atoms with Crippen molar-refractivity contribution in [3.05, 3.63) is 0 Å². The summed E-state index contributed by atoms with van der Waals surface area (Å²) in [6.45, 7) is 7.91. The fraction of sp³-hybridized carbons (Fsp3) is 0.889. The maximum absolute atomic E-state index is 12.0. The standard InChI is InChI=1S/C9H17N4O.ClH/c1-2-9(14)13-6-10-3-11(7-13)5-12(4-10)8-13;/h2-8H2,1H3;1H/q+1;/p-1. The van der Waals surface area contributed by atoms with E-state index in [0.29, 0.717) is 16.8 Å². The topological polar surface area (TPSA) is 26.8 Å². The molecule has 6 heteroatoms. The summed E-state index contributed by atoms with van der Waals surface area (Å²) >= 11 is 0. The minimum atomic E-state index is 0. The molecule has 0 N–H and O–H groups in total. The van der Waals surface area contributed by atoms with Crippen molar-refractivity contribution in [1.82, 2.24) is 14.7 Å². The molecule has 4 aliphatic heterocycles. The normalized spacial score (nSPS) is 46.3. The summed E-state index contributed by atoms with van der Waals surface area (Å²) < 4.78 is 0.649. The third-order valence-corrected chi connectivity index (χ3v) is 3.44. The van der Waals surface area contributed by atoms with Crippen molar-refractivity contribution in [2.75, 3.05) is 40.0 Å². The van der Waals surface area contributed by atoms with Gasteiger partial charge in [-0.3, -0.25) is 0 Å². The molecule has 0 radical (unpaired) electrons. The Morgan fingerprint density at radius 2 is 1.47 bits per heavy atom. The lowest BCUT2D eigenvalue weighted by Gasteiger charge is -2.59. The Labute approximate surface area is 96.2 Å². The molecule has 4 rings (SSSR count). The van der Waals surface area contributed by atoms with E-state index in [9.17, 15) is 4.79 Å². The summed E-state index contributed by atoms with van der Waals surface area (Å²) in [6, 6.07) is 0. The Morgan fingerprint density at radius 3 is 1.80 bits per heavy atom. The third-order valence-electron chi connectivity index (χ3n) is 3.44. The van der Waals surface area contributed by atoms with Crippen LogP contribution in [0, 0.1) is 0 Å². The summed E-state index contributed by atoms with van der Waals surface area (Å²) in [7, 11) is 0. The monoisotopic (exact) mass is 232 g/mol. The first-order valence-corrected chi connectivity index (χ1v) is 5.28. The van der Waals surface area contributed by atoms with Crippen LogP contribution in [0.2, 0.25) is 0 Å². The first-order chi connectivity index (χ1) is 6.72. The molecule has 4 aliphatic rings. The van der Waals surface area contributed by atoms with Crippen molar-refractivity contribution < 1.29 is 21.7 Å². The molecule has 5 nitrogen and oxygen atoms in total. The summed E-state index contributed by atoms with van der Waals surface area (Å²) in [4.78, 5) is 19.1. The zero-order chi connectivity index (χ0) is 9.76. The predicted molar refractivity (Wildman–Crippen MR) is 50.3 cm³/mol. The Bertz CT molecular complexity index is 248. The van der Waals surface area contributed by atoms with Gasteiger partial charge in [0.1, 0.15) is 20.0 Å². The molecule has 0 saturated carbocycles. The maximum Gasteiger partial charge on any atom is 0.316 e. The summed E-state index contributed by atoms with van der Waals surface area (Å²) in [5, 5.41) is 0. The molecule has 86 valence electrons. The quantitative estimate of drug-likeness (QED) is 0.438. The van der Waals surface area contributed by atoms with Crippen molar-refractivity contribution in [1.29, 1.82) is 0 Å². The molecule has 4 saturated heterocycles. The van der Waals surface area contributed by atoms with E-state index in [1.165, 1.54) is 0 Å². The number of hydrogen-bond donors (Lipinski definition) is 0. The number of halogens is 1. The van der Waals surface area contributed by atoms with Crippen molar-refractivity contribution >= 4 is 5.91 Å². The van der Waals surface area contributed by atoms with Crippen molar-refractivity contribution in [2.24, 2.45) is 0 Å². The van der Waals surface area contributed by atoms with Gasteiger partial charge in [0.15, 0.2) is 0 Å². The first-order valence-electron chi connectivity index (χ1n) is 5.28. The van der Waals surface area contributed by atoms with Crippen molar-refractivity contribution in [3.63, 3.8) is 0 Å². The van der Waals surface area contributed by atoms with Gasteiger partial charge in [0.2, 0.25) is 0 Å². The Hall–Kier alpha value is -0.200. The lowest BCUT2D eigenvalue weighted by molar-refractivity contribution is -0.914. The maximum atomic E-state index is 12.0. The molecule has 0 atom stereocenters. The lowest BCUT2D eigenvalue weighted by Crippen LogP contribution is -3.00. The number of nitrogens with zero attached hydrogens (tertiary/aromatic N) is 4. The van der Waals surface area contributed by atoms with Crippen LogP contribution in [-0.4, -0.2) is 65.1 Å². The third kappa shape index (κ3) is 1.59. The molecule has 0 spiro atoms. The van der Waals surface area contributed by atoms with Crippen LogP contribution in [0.1, 0.15) is 13.3 Å². The number of hydrogen-bond acceptors (Lipinski definition) is 4. The van der Waals surface area contributed by atoms with Crippen LogP contribution >= 0.6 is 0 Å². The molecule has 1 amide bonds. The lowest BCUT2D eigenvalue weighted by atomic mass is 10.2. The van der Waals surface area contributed by atoms with Gasteiger partial charge in [0.05, 0.1) is 26.4 Å². The van der Waals surface area contributed by atoms with Crippen LogP contribution < -0.4 is 12.4 Å². The molecule has 0 aromatic carbocycles. The molecular weight excluding hydrogens is 216 g/mol. The van der Waals surface area contributed by atoms with Crippen molar-refractivity contribution in [2.45, 2.75) is 13.3 Å². The molecule has 0 aliphatic carbocycles. The molecule has 4 bridgehead atoms. The van der Waals surface area contributed by atoms with E-state index >= 15 is 0 Å². The first kappa shape index (κ1) is 11.3. The van der Waals surface area contributed by atoms with Crippen LogP contribution in [0.3, 0.4) is 0 Å². The zero-order valence-electron chi connectivity index (χ0n) is 9.02. The van der Waals surface area contributed by atoms with Gasteiger partial charge in [0.25, 0.3) is 0 Å². The highest BCUT2D eigenvalue weighted by Crippen LogP contribution is 2.29. The molecule has 4 fully saturated rings. The molecule has 15 heavy (non-hydrogen) atoms. The highest BCUT2D eigenvalue weighted by molar-refractivity contribution is 5.68. The number of amides is 1. The van der Waals surface area contributed by atoms with Crippen LogP contribution in [0.5, 0.6) is 0 Å². The van der Waals surface area contributed by atoms with Gasteiger partial charge in [-0.05, 0) is 0 Å². The second-order valence-electron chi connectivity index (χ2n) is 4.75. The van der Waals surface area contributed by atoms with E-state index < -0.39 is 0 Å². The van der Waals surface area contributed by atoms with Gasteiger partial charge in [-0.1, -0.05) is 6.92 Å². The predicted octanol–water partition coefficient (Wildman–Crippen LogP) is -3.56. The average molecular weight is 233 g/mol. The van der Waals surface area contributed by atoms with Crippen LogP contribution in [0.15, 0.2) is 0 Å². The highest BCUT2D eigenvalue weighted by Gasteiger charge is 2.51. The summed E-state index contributed by atoms with van der Waals surface area (Å²) in [5.74, 6) is 0.393. The van der Waals surface area contributed by atoms with E-state index in [-0.39, 0.29) is 12.4 Å². The summed E-state index contributed by atoms with van der Waals surface area (Å²) in [5.41, 5.74) is 0. The van der Waals surface area contributed by atoms with Crippen molar-refractivity contribution in [3.8, 4) is 0 Å². The minimum absolute atomic E-state index is 0. The fourth-order valence-electron chi connectivity index (χ4n) is 3.11. The Kier molecular flexibility index (Phi) is 2.77. The van der Waals surface area contributed by atoms with E-state index in [4.69, 9.17) is 0 Å². The van der Waals surface area contributed by atoms with Crippen LogP contribution in [0.4, 0.5) is 0 Å². The molecule has 0 aromatic heterocycles. The summed E-state index contributed by atoms with van der Waals surface area (Å²) in [6.07, 6.45) is 0.662. The van der Waals surface area contributed by atoms with Crippen LogP contribution in [-0.2, 0) is 4.79 Å². The average Bonchev–Trinajstić information content (AvgIpc) is 2.14. The van der Waals surface area contributed by atoms with E-state index in [1.807, 2.05) is 6.92 Å². The molecule has 4 heterocycles. The fourth-order valence-corrected chi connectivity index (χ4v) is 3.11. The smallest absolute Gasteiger partial charge is 0.316 e. The SMILES string of the molecule is CCC(=O)[N+]12CN3CN(CN(C3)C1)C2.[Cl-]. The Balaban J connectivity index is 0.000000853. The zero-order valence-corrected chi connectivity index (χ0v) is 9.78.